The summed E-state index contributed by atoms with van der Waals surface area (Å²) >= 11 is 6.33. The van der Waals surface area contributed by atoms with Gasteiger partial charge in [0.05, 0.1) is 26.2 Å². The van der Waals surface area contributed by atoms with Crippen molar-refractivity contribution in [1.82, 2.24) is 4.90 Å². The molecule has 0 bridgehead atoms. The molecule has 0 aromatic heterocycles. The molecule has 7 nitrogen and oxygen atoms in total. The largest absolute Gasteiger partial charge is 0.493 e. The molecular weight excluding hydrogens is 390 g/mol. The molecule has 1 N–H and O–H groups in total. The van der Waals surface area contributed by atoms with Crippen LogP contribution in [0.2, 0.25) is 0 Å². The van der Waals surface area contributed by atoms with Gasteiger partial charge in [-0.2, -0.15) is 0 Å². The standard InChI is InChI=1S/C18H21NO6S2/c1-5-6-11(17(21)22)19-16(20)14(27-18(19)26)9-10-7-12(23-2)15(25-4)13(8-10)24-3/h7-9,11H,5-6H2,1-4H3,(H,21,22)/b14-9-. The van der Waals surface area contributed by atoms with Gasteiger partial charge in [-0.3, -0.25) is 9.69 Å². The highest BCUT2D eigenvalue weighted by atomic mass is 32.2. The maximum absolute atomic E-state index is 12.8. The average molecular weight is 412 g/mol. The second kappa shape index (κ2) is 9.09. The fraction of sp³-hybridized carbons (Fsp3) is 0.389. The summed E-state index contributed by atoms with van der Waals surface area (Å²) in [6.07, 6.45) is 2.59. The number of ether oxygens (including phenoxy) is 3. The van der Waals surface area contributed by atoms with Crippen LogP contribution in [-0.4, -0.2) is 53.6 Å². The van der Waals surface area contributed by atoms with Gasteiger partial charge in [-0.05, 0) is 30.2 Å². The van der Waals surface area contributed by atoms with E-state index in [-0.39, 0.29) is 4.32 Å². The summed E-state index contributed by atoms with van der Waals surface area (Å²) in [4.78, 5) is 25.8. The van der Waals surface area contributed by atoms with Gasteiger partial charge in [-0.1, -0.05) is 37.3 Å². The van der Waals surface area contributed by atoms with Crippen molar-refractivity contribution in [2.75, 3.05) is 21.3 Å². The summed E-state index contributed by atoms with van der Waals surface area (Å²) in [6.45, 7) is 1.86. The molecule has 0 spiro atoms. The van der Waals surface area contributed by atoms with Crippen LogP contribution in [0.4, 0.5) is 0 Å². The lowest BCUT2D eigenvalue weighted by atomic mass is 10.1. The van der Waals surface area contributed by atoms with Crippen molar-refractivity contribution in [3.05, 3.63) is 22.6 Å². The predicted molar refractivity (Wildman–Crippen MR) is 107 cm³/mol. The van der Waals surface area contributed by atoms with Crippen LogP contribution in [0.3, 0.4) is 0 Å². The van der Waals surface area contributed by atoms with Crippen LogP contribution in [0.5, 0.6) is 17.2 Å². The SMILES string of the molecule is CCCC(C(=O)O)N1C(=O)/C(=C/c2cc(OC)c(OC)c(OC)c2)SC1=S. The van der Waals surface area contributed by atoms with E-state index in [1.165, 1.54) is 26.2 Å². The van der Waals surface area contributed by atoms with Crippen LogP contribution in [0.25, 0.3) is 6.08 Å². The minimum Gasteiger partial charge on any atom is -0.493 e. The summed E-state index contributed by atoms with van der Waals surface area (Å²) in [5.74, 6) is -0.138. The zero-order chi connectivity index (χ0) is 20.1. The van der Waals surface area contributed by atoms with Gasteiger partial charge >= 0.3 is 5.97 Å². The van der Waals surface area contributed by atoms with Crippen LogP contribution in [0.15, 0.2) is 17.0 Å². The second-order valence-electron chi connectivity index (χ2n) is 5.65. The number of amides is 1. The Morgan fingerprint density at radius 3 is 2.30 bits per heavy atom. The van der Waals surface area contributed by atoms with Crippen LogP contribution >= 0.6 is 24.0 Å². The van der Waals surface area contributed by atoms with Crippen molar-refractivity contribution in [2.45, 2.75) is 25.8 Å². The summed E-state index contributed by atoms with van der Waals surface area (Å²) in [5.41, 5.74) is 0.646. The molecule has 146 valence electrons. The number of thioether (sulfide) groups is 1. The lowest BCUT2D eigenvalue weighted by Gasteiger charge is -2.22. The molecule has 1 unspecified atom stereocenters. The normalized spacial score (nSPS) is 16.6. The summed E-state index contributed by atoms with van der Waals surface area (Å²) in [6, 6.07) is 2.44. The van der Waals surface area contributed by atoms with Crippen molar-refractivity contribution in [3.8, 4) is 17.2 Å². The van der Waals surface area contributed by atoms with E-state index in [0.29, 0.717) is 40.6 Å². The molecular formula is C18H21NO6S2. The van der Waals surface area contributed by atoms with E-state index in [1.807, 2.05) is 6.92 Å². The number of hydrogen-bond acceptors (Lipinski definition) is 7. The Bertz CT molecular complexity index is 767. The molecule has 1 aromatic carbocycles. The van der Waals surface area contributed by atoms with Crippen molar-refractivity contribution in [3.63, 3.8) is 0 Å². The Labute approximate surface area is 167 Å². The van der Waals surface area contributed by atoms with E-state index in [4.69, 9.17) is 26.4 Å². The molecule has 1 aliphatic heterocycles. The Morgan fingerprint density at radius 2 is 1.85 bits per heavy atom. The Hall–Kier alpha value is -2.26. The monoisotopic (exact) mass is 411 g/mol. The topological polar surface area (TPSA) is 85.3 Å². The minimum atomic E-state index is -1.07. The van der Waals surface area contributed by atoms with Crippen LogP contribution in [0.1, 0.15) is 25.3 Å². The third kappa shape index (κ3) is 4.36. The molecule has 1 saturated heterocycles. The molecule has 0 saturated carbocycles. The number of hydrogen-bond donors (Lipinski definition) is 1. The number of benzene rings is 1. The maximum Gasteiger partial charge on any atom is 0.326 e. The Balaban J connectivity index is 2.42. The average Bonchev–Trinajstić information content (AvgIpc) is 2.91. The third-order valence-corrected chi connectivity index (χ3v) is 5.30. The van der Waals surface area contributed by atoms with Gasteiger partial charge in [-0.15, -0.1) is 0 Å². The second-order valence-corrected chi connectivity index (χ2v) is 7.33. The number of carbonyl (C=O) groups excluding carboxylic acids is 1. The first-order chi connectivity index (χ1) is 12.9. The van der Waals surface area contributed by atoms with E-state index in [9.17, 15) is 14.7 Å². The molecule has 1 aromatic rings. The molecule has 2 rings (SSSR count). The van der Waals surface area contributed by atoms with Crippen LogP contribution in [0, 0.1) is 0 Å². The van der Waals surface area contributed by atoms with Gasteiger partial charge < -0.3 is 19.3 Å². The van der Waals surface area contributed by atoms with E-state index >= 15 is 0 Å². The molecule has 1 heterocycles. The molecule has 1 atom stereocenters. The third-order valence-electron chi connectivity index (χ3n) is 3.97. The molecule has 0 aliphatic carbocycles. The van der Waals surface area contributed by atoms with E-state index in [2.05, 4.69) is 0 Å². The zero-order valence-electron chi connectivity index (χ0n) is 15.5. The number of aliphatic carboxylic acids is 1. The summed E-state index contributed by atoms with van der Waals surface area (Å²) in [7, 11) is 4.51. The number of thiocarbonyl (C=S) groups is 1. The first kappa shape index (κ1) is 21.0. The van der Waals surface area contributed by atoms with Crippen molar-refractivity contribution >= 4 is 46.3 Å². The summed E-state index contributed by atoms with van der Waals surface area (Å²) in [5, 5.41) is 9.44. The molecule has 1 fully saturated rings. The molecule has 27 heavy (non-hydrogen) atoms. The number of nitrogens with zero attached hydrogens (tertiary/aromatic N) is 1. The number of carbonyl (C=O) groups is 2. The Morgan fingerprint density at radius 1 is 1.26 bits per heavy atom. The van der Waals surface area contributed by atoms with E-state index < -0.39 is 17.9 Å². The molecule has 0 radical (unpaired) electrons. The predicted octanol–water partition coefficient (Wildman–Crippen LogP) is 3.17. The number of carboxylic acid groups (broad SMARTS) is 1. The van der Waals surface area contributed by atoms with Gasteiger partial charge in [0, 0.05) is 0 Å². The van der Waals surface area contributed by atoms with Crippen LogP contribution in [-0.2, 0) is 9.59 Å². The van der Waals surface area contributed by atoms with Gasteiger partial charge in [0.2, 0.25) is 5.75 Å². The number of carboxylic acids is 1. The zero-order valence-corrected chi connectivity index (χ0v) is 17.1. The number of methoxy groups -OCH3 is 3. The first-order valence-corrected chi connectivity index (χ1v) is 9.40. The Kier molecular flexibility index (Phi) is 7.09. The highest BCUT2D eigenvalue weighted by Gasteiger charge is 2.40. The molecule has 9 heteroatoms. The van der Waals surface area contributed by atoms with E-state index in [1.54, 1.807) is 18.2 Å². The molecule has 1 amide bonds. The fourth-order valence-corrected chi connectivity index (χ4v) is 4.08. The van der Waals surface area contributed by atoms with Crippen molar-refractivity contribution < 1.29 is 28.9 Å². The lowest BCUT2D eigenvalue weighted by Crippen LogP contribution is -2.43. The van der Waals surface area contributed by atoms with Crippen molar-refractivity contribution in [2.24, 2.45) is 0 Å². The first-order valence-electron chi connectivity index (χ1n) is 8.17. The van der Waals surface area contributed by atoms with E-state index in [0.717, 1.165) is 11.8 Å². The smallest absolute Gasteiger partial charge is 0.326 e. The van der Waals surface area contributed by atoms with Gasteiger partial charge in [0.1, 0.15) is 10.4 Å². The lowest BCUT2D eigenvalue weighted by molar-refractivity contribution is -0.145. The quantitative estimate of drug-likeness (QED) is 0.516. The highest BCUT2D eigenvalue weighted by Crippen LogP contribution is 2.40. The maximum atomic E-state index is 12.8. The molecule has 1 aliphatic rings. The minimum absolute atomic E-state index is 0.236. The fourth-order valence-electron chi connectivity index (χ4n) is 2.72. The van der Waals surface area contributed by atoms with Crippen molar-refractivity contribution in [1.29, 1.82) is 0 Å². The van der Waals surface area contributed by atoms with Gasteiger partial charge in [0.25, 0.3) is 5.91 Å². The highest BCUT2D eigenvalue weighted by molar-refractivity contribution is 8.26. The summed E-state index contributed by atoms with van der Waals surface area (Å²) < 4.78 is 16.2. The van der Waals surface area contributed by atoms with Gasteiger partial charge in [-0.25, -0.2) is 4.79 Å². The number of rotatable bonds is 8. The van der Waals surface area contributed by atoms with Crippen LogP contribution < -0.4 is 14.2 Å². The van der Waals surface area contributed by atoms with Gasteiger partial charge in [0.15, 0.2) is 11.5 Å².